The largest absolute Gasteiger partial charge is 0.353 e. The summed E-state index contributed by atoms with van der Waals surface area (Å²) in [4.78, 5) is 6.45. The van der Waals surface area contributed by atoms with Crippen LogP contribution in [0.2, 0.25) is 0 Å². The SMILES string of the molecule is CN=C(NC1CC1c1ccccc1F)N(C)Cc1cc(Br)cn1C.I. The molecule has 7 heteroatoms. The molecule has 0 radical (unpaired) electrons. The van der Waals surface area contributed by atoms with E-state index in [2.05, 4.69) is 41.8 Å². The van der Waals surface area contributed by atoms with Crippen molar-refractivity contribution in [1.82, 2.24) is 14.8 Å². The predicted octanol–water partition coefficient (Wildman–Crippen LogP) is 4.11. The van der Waals surface area contributed by atoms with Crippen molar-refractivity contribution in [2.45, 2.75) is 24.9 Å². The fourth-order valence-electron chi connectivity index (χ4n) is 3.03. The zero-order chi connectivity index (χ0) is 17.3. The van der Waals surface area contributed by atoms with Crippen molar-refractivity contribution in [3.8, 4) is 0 Å². The fourth-order valence-corrected chi connectivity index (χ4v) is 3.60. The monoisotopic (exact) mass is 520 g/mol. The van der Waals surface area contributed by atoms with Gasteiger partial charge < -0.3 is 14.8 Å². The van der Waals surface area contributed by atoms with Crippen molar-refractivity contribution in [2.75, 3.05) is 14.1 Å². The molecule has 1 N–H and O–H groups in total. The zero-order valence-electron chi connectivity index (χ0n) is 14.5. The number of rotatable bonds is 4. The average Bonchev–Trinajstić information content (AvgIpc) is 3.23. The molecule has 1 aromatic heterocycles. The molecule has 0 aliphatic heterocycles. The van der Waals surface area contributed by atoms with Gasteiger partial charge in [-0.1, -0.05) is 18.2 Å². The van der Waals surface area contributed by atoms with Crippen molar-refractivity contribution >= 4 is 45.9 Å². The first-order valence-electron chi connectivity index (χ1n) is 7.99. The van der Waals surface area contributed by atoms with E-state index >= 15 is 0 Å². The molecule has 0 spiro atoms. The number of nitrogens with one attached hydrogen (secondary N) is 1. The van der Waals surface area contributed by atoms with Gasteiger partial charge in [0.2, 0.25) is 0 Å². The van der Waals surface area contributed by atoms with E-state index in [0.717, 1.165) is 29.0 Å². The molecule has 1 saturated carbocycles. The molecule has 136 valence electrons. The Labute approximate surface area is 173 Å². The Morgan fingerprint density at radius 3 is 2.76 bits per heavy atom. The summed E-state index contributed by atoms with van der Waals surface area (Å²) in [6, 6.07) is 9.36. The number of hydrogen-bond acceptors (Lipinski definition) is 1. The summed E-state index contributed by atoms with van der Waals surface area (Å²) in [5.74, 6) is 0.931. The lowest BCUT2D eigenvalue weighted by Gasteiger charge is -2.22. The number of nitrogens with zero attached hydrogens (tertiary/aromatic N) is 3. The number of benzene rings is 1. The number of guanidine groups is 1. The van der Waals surface area contributed by atoms with E-state index in [0.29, 0.717) is 0 Å². The van der Waals surface area contributed by atoms with Gasteiger partial charge in [0.05, 0.1) is 6.54 Å². The molecular weight excluding hydrogens is 498 g/mol. The van der Waals surface area contributed by atoms with Gasteiger partial charge in [-0.15, -0.1) is 24.0 Å². The maximum atomic E-state index is 13.9. The Morgan fingerprint density at radius 2 is 2.16 bits per heavy atom. The Kier molecular flexibility index (Phi) is 6.90. The van der Waals surface area contributed by atoms with E-state index in [1.54, 1.807) is 13.1 Å². The Morgan fingerprint density at radius 1 is 1.44 bits per heavy atom. The number of aliphatic imine (C=N–C) groups is 1. The van der Waals surface area contributed by atoms with E-state index < -0.39 is 0 Å². The summed E-state index contributed by atoms with van der Waals surface area (Å²) in [6.07, 6.45) is 2.97. The molecule has 1 aromatic carbocycles. The average molecular weight is 521 g/mol. The minimum absolute atomic E-state index is 0. The van der Waals surface area contributed by atoms with Crippen molar-refractivity contribution in [2.24, 2.45) is 12.0 Å². The van der Waals surface area contributed by atoms with Crippen molar-refractivity contribution < 1.29 is 4.39 Å². The zero-order valence-corrected chi connectivity index (χ0v) is 18.5. The van der Waals surface area contributed by atoms with E-state index in [-0.39, 0.29) is 41.8 Å². The number of aromatic nitrogens is 1. The van der Waals surface area contributed by atoms with Crippen LogP contribution in [0.25, 0.3) is 0 Å². The van der Waals surface area contributed by atoms with Crippen LogP contribution >= 0.6 is 39.9 Å². The summed E-state index contributed by atoms with van der Waals surface area (Å²) in [7, 11) is 5.82. The highest BCUT2D eigenvalue weighted by Crippen LogP contribution is 2.41. The van der Waals surface area contributed by atoms with Crippen LogP contribution in [0.15, 0.2) is 46.0 Å². The molecule has 25 heavy (non-hydrogen) atoms. The number of halogens is 3. The van der Waals surface area contributed by atoms with Crippen LogP contribution in [-0.4, -0.2) is 35.6 Å². The summed E-state index contributed by atoms with van der Waals surface area (Å²) in [5.41, 5.74) is 1.98. The van der Waals surface area contributed by atoms with Gasteiger partial charge in [-0.2, -0.15) is 0 Å². The molecule has 1 heterocycles. The molecule has 2 unspecified atom stereocenters. The van der Waals surface area contributed by atoms with Crippen LogP contribution in [0.3, 0.4) is 0 Å². The van der Waals surface area contributed by atoms with Crippen molar-refractivity contribution in [1.29, 1.82) is 0 Å². The Balaban J connectivity index is 0.00000225. The van der Waals surface area contributed by atoms with Crippen LogP contribution in [0, 0.1) is 5.82 Å². The molecule has 1 aliphatic rings. The van der Waals surface area contributed by atoms with E-state index in [1.807, 2.05) is 32.4 Å². The second-order valence-corrected chi connectivity index (χ2v) is 7.19. The molecule has 0 bridgehead atoms. The highest BCUT2D eigenvalue weighted by Gasteiger charge is 2.40. The van der Waals surface area contributed by atoms with E-state index in [9.17, 15) is 4.39 Å². The second kappa shape index (κ2) is 8.53. The van der Waals surface area contributed by atoms with Gasteiger partial charge in [0.25, 0.3) is 0 Å². The van der Waals surface area contributed by atoms with E-state index in [1.165, 1.54) is 11.8 Å². The van der Waals surface area contributed by atoms with Gasteiger partial charge >= 0.3 is 0 Å². The van der Waals surface area contributed by atoms with Crippen LogP contribution in [-0.2, 0) is 13.6 Å². The van der Waals surface area contributed by atoms with Crippen LogP contribution < -0.4 is 5.32 Å². The van der Waals surface area contributed by atoms with Gasteiger partial charge in [0, 0.05) is 49.5 Å². The van der Waals surface area contributed by atoms with Crippen LogP contribution in [0.5, 0.6) is 0 Å². The maximum absolute atomic E-state index is 13.9. The lowest BCUT2D eigenvalue weighted by molar-refractivity contribution is 0.460. The van der Waals surface area contributed by atoms with Gasteiger partial charge in [-0.3, -0.25) is 4.99 Å². The van der Waals surface area contributed by atoms with Gasteiger partial charge in [-0.25, -0.2) is 4.39 Å². The second-order valence-electron chi connectivity index (χ2n) is 6.28. The smallest absolute Gasteiger partial charge is 0.193 e. The minimum atomic E-state index is -0.121. The maximum Gasteiger partial charge on any atom is 0.193 e. The topological polar surface area (TPSA) is 32.6 Å². The first kappa shape index (κ1) is 20.2. The number of aryl methyl sites for hydroxylation is 1. The van der Waals surface area contributed by atoms with Gasteiger partial charge in [0.1, 0.15) is 5.82 Å². The lowest BCUT2D eigenvalue weighted by atomic mass is 10.1. The molecule has 0 saturated heterocycles. The van der Waals surface area contributed by atoms with Crippen LogP contribution in [0.1, 0.15) is 23.6 Å². The lowest BCUT2D eigenvalue weighted by Crippen LogP contribution is -2.40. The number of hydrogen-bond donors (Lipinski definition) is 1. The summed E-state index contributed by atoms with van der Waals surface area (Å²) in [6.45, 7) is 0.749. The first-order valence-corrected chi connectivity index (χ1v) is 8.78. The fraction of sp³-hybridized carbons (Fsp3) is 0.389. The molecule has 3 rings (SSSR count). The highest BCUT2D eigenvalue weighted by molar-refractivity contribution is 14.0. The molecule has 2 atom stereocenters. The highest BCUT2D eigenvalue weighted by atomic mass is 127. The summed E-state index contributed by atoms with van der Waals surface area (Å²) in [5, 5.41) is 3.45. The minimum Gasteiger partial charge on any atom is -0.353 e. The van der Waals surface area contributed by atoms with Crippen LogP contribution in [0.4, 0.5) is 4.39 Å². The van der Waals surface area contributed by atoms with E-state index in [4.69, 9.17) is 0 Å². The summed E-state index contributed by atoms with van der Waals surface area (Å²) < 4.78 is 17.0. The third-order valence-electron chi connectivity index (χ3n) is 4.46. The quantitative estimate of drug-likeness (QED) is 0.374. The molecular formula is C18H23BrFIN4. The van der Waals surface area contributed by atoms with Crippen molar-refractivity contribution in [3.63, 3.8) is 0 Å². The third-order valence-corrected chi connectivity index (χ3v) is 4.89. The Bertz CT molecular complexity index is 761. The molecule has 1 aliphatic carbocycles. The first-order chi connectivity index (χ1) is 11.5. The Hall–Kier alpha value is -1.09. The molecule has 0 amide bonds. The molecule has 4 nitrogen and oxygen atoms in total. The van der Waals surface area contributed by atoms with Gasteiger partial charge in [0.15, 0.2) is 5.96 Å². The third kappa shape index (κ3) is 4.75. The normalized spacial score (nSPS) is 19.3. The van der Waals surface area contributed by atoms with Crippen molar-refractivity contribution in [3.05, 3.63) is 58.1 Å². The summed E-state index contributed by atoms with van der Waals surface area (Å²) >= 11 is 3.50. The molecule has 2 aromatic rings. The standard InChI is InChI=1S/C18H22BrFN4.HI/c1-21-18(24(3)11-13-8-12(19)10-23(13)2)22-17-9-15(17)14-6-4-5-7-16(14)20;/h4-8,10,15,17H,9,11H2,1-3H3,(H,21,22);1H. The predicted molar refractivity (Wildman–Crippen MR) is 114 cm³/mol. The van der Waals surface area contributed by atoms with Gasteiger partial charge in [-0.05, 0) is 40.0 Å². The molecule has 1 fully saturated rings.